The van der Waals surface area contributed by atoms with Crippen LogP contribution in [0.2, 0.25) is 4.34 Å². The molecule has 1 aromatic rings. The van der Waals surface area contributed by atoms with E-state index in [0.29, 0.717) is 13.1 Å². The molecule has 0 saturated heterocycles. The van der Waals surface area contributed by atoms with E-state index in [9.17, 15) is 4.79 Å². The van der Waals surface area contributed by atoms with Gasteiger partial charge in [-0.3, -0.25) is 4.79 Å². The molecule has 3 N–H and O–H groups in total. The summed E-state index contributed by atoms with van der Waals surface area (Å²) in [5.74, 6) is -0.0143. The molecule has 1 rings (SSSR count). The first kappa shape index (κ1) is 13.5. The number of amides is 1. The van der Waals surface area contributed by atoms with Crippen LogP contribution in [-0.2, 0) is 11.2 Å². The van der Waals surface area contributed by atoms with E-state index >= 15 is 0 Å². The number of hydrogen-bond acceptors (Lipinski definition) is 3. The van der Waals surface area contributed by atoms with E-state index in [-0.39, 0.29) is 11.8 Å². The number of nitrogens with two attached hydrogens (primary N) is 1. The molecule has 0 aliphatic carbocycles. The quantitative estimate of drug-likeness (QED) is 0.823. The molecule has 16 heavy (non-hydrogen) atoms. The summed E-state index contributed by atoms with van der Waals surface area (Å²) in [6.07, 6.45) is 1.61. The molecule has 0 fully saturated rings. The van der Waals surface area contributed by atoms with Gasteiger partial charge in [0.2, 0.25) is 5.91 Å². The van der Waals surface area contributed by atoms with Crippen molar-refractivity contribution >= 4 is 28.8 Å². The lowest BCUT2D eigenvalue weighted by Crippen LogP contribution is -2.35. The molecule has 0 radical (unpaired) electrons. The fourth-order valence-electron chi connectivity index (χ4n) is 1.40. The van der Waals surface area contributed by atoms with Crippen LogP contribution in [0.4, 0.5) is 0 Å². The van der Waals surface area contributed by atoms with Crippen molar-refractivity contribution in [3.63, 3.8) is 0 Å². The van der Waals surface area contributed by atoms with Crippen molar-refractivity contribution in [1.29, 1.82) is 0 Å². The Labute approximate surface area is 105 Å². The van der Waals surface area contributed by atoms with Crippen LogP contribution in [0.15, 0.2) is 12.1 Å². The maximum Gasteiger partial charge on any atom is 0.224 e. The summed E-state index contributed by atoms with van der Waals surface area (Å²) >= 11 is 7.36. The summed E-state index contributed by atoms with van der Waals surface area (Å²) in [5, 5.41) is 2.89. The average Bonchev–Trinajstić information content (AvgIpc) is 2.66. The molecule has 0 aliphatic heterocycles. The second-order valence-corrected chi connectivity index (χ2v) is 5.39. The summed E-state index contributed by atoms with van der Waals surface area (Å²) in [5.41, 5.74) is 5.49. The normalized spacial score (nSPS) is 12.4. The van der Waals surface area contributed by atoms with E-state index < -0.39 is 0 Å². The molecule has 3 nitrogen and oxygen atoms in total. The predicted molar refractivity (Wildman–Crippen MR) is 68.9 cm³/mol. The van der Waals surface area contributed by atoms with Crippen LogP contribution in [0, 0.1) is 5.92 Å². The second kappa shape index (κ2) is 6.89. The molecule has 0 bridgehead atoms. The minimum absolute atomic E-state index is 0.0488. The molecule has 0 aliphatic rings. The van der Waals surface area contributed by atoms with Crippen LogP contribution in [0.3, 0.4) is 0 Å². The molecule has 1 aromatic heterocycles. The zero-order valence-corrected chi connectivity index (χ0v) is 10.9. The Morgan fingerprint density at radius 1 is 1.62 bits per heavy atom. The molecular formula is C11H17ClN2OS. The van der Waals surface area contributed by atoms with Gasteiger partial charge in [-0.05, 0) is 25.0 Å². The van der Waals surface area contributed by atoms with E-state index in [2.05, 4.69) is 5.32 Å². The van der Waals surface area contributed by atoms with Gasteiger partial charge in [-0.1, -0.05) is 18.5 Å². The fourth-order valence-corrected chi connectivity index (χ4v) is 2.49. The van der Waals surface area contributed by atoms with Gasteiger partial charge in [0, 0.05) is 23.9 Å². The van der Waals surface area contributed by atoms with Gasteiger partial charge in [0.25, 0.3) is 0 Å². The monoisotopic (exact) mass is 260 g/mol. The molecule has 5 heteroatoms. The van der Waals surface area contributed by atoms with Crippen molar-refractivity contribution < 1.29 is 4.79 Å². The van der Waals surface area contributed by atoms with Gasteiger partial charge in [0.15, 0.2) is 0 Å². The van der Waals surface area contributed by atoms with Crippen LogP contribution in [0.1, 0.15) is 18.2 Å². The lowest BCUT2D eigenvalue weighted by atomic mass is 10.1. The van der Waals surface area contributed by atoms with Gasteiger partial charge >= 0.3 is 0 Å². The fraction of sp³-hybridized carbons (Fsp3) is 0.545. The predicted octanol–water partition coefficient (Wildman–Crippen LogP) is 2.05. The highest BCUT2D eigenvalue weighted by molar-refractivity contribution is 7.16. The van der Waals surface area contributed by atoms with Gasteiger partial charge in [-0.2, -0.15) is 0 Å². The Balaban J connectivity index is 2.27. The first-order chi connectivity index (χ1) is 7.67. The average molecular weight is 261 g/mol. The molecule has 1 atom stereocenters. The minimum atomic E-state index is -0.0630. The standard InChI is InChI=1S/C11H17ClN2OS/c1-2-8(7-13)11(15)14-6-5-9-3-4-10(12)16-9/h3-4,8H,2,5-7,13H2,1H3,(H,14,15). The van der Waals surface area contributed by atoms with Crippen LogP contribution in [0.5, 0.6) is 0 Å². The Hall–Kier alpha value is -0.580. The Morgan fingerprint density at radius 2 is 2.38 bits per heavy atom. The van der Waals surface area contributed by atoms with Crippen LogP contribution in [-0.4, -0.2) is 19.0 Å². The number of rotatable bonds is 6. The number of carbonyl (C=O) groups is 1. The summed E-state index contributed by atoms with van der Waals surface area (Å²) in [7, 11) is 0. The first-order valence-corrected chi connectivity index (χ1v) is 6.58. The molecule has 0 aromatic carbocycles. The van der Waals surface area contributed by atoms with Gasteiger partial charge in [0.05, 0.1) is 4.34 Å². The molecule has 1 unspecified atom stereocenters. The number of carbonyl (C=O) groups excluding carboxylic acids is 1. The number of nitrogens with one attached hydrogen (secondary N) is 1. The lowest BCUT2D eigenvalue weighted by Gasteiger charge is -2.11. The summed E-state index contributed by atoms with van der Waals surface area (Å²) < 4.78 is 0.787. The highest BCUT2D eigenvalue weighted by Crippen LogP contribution is 2.21. The van der Waals surface area contributed by atoms with Crippen LogP contribution < -0.4 is 11.1 Å². The van der Waals surface area contributed by atoms with E-state index in [4.69, 9.17) is 17.3 Å². The van der Waals surface area contributed by atoms with E-state index in [1.165, 1.54) is 4.88 Å². The molecule has 1 heterocycles. The lowest BCUT2D eigenvalue weighted by molar-refractivity contribution is -0.124. The SMILES string of the molecule is CCC(CN)C(=O)NCCc1ccc(Cl)s1. The Bertz CT molecular complexity index is 336. The van der Waals surface area contributed by atoms with E-state index in [1.807, 2.05) is 19.1 Å². The topological polar surface area (TPSA) is 55.1 Å². The summed E-state index contributed by atoms with van der Waals surface area (Å²) in [6, 6.07) is 3.86. The minimum Gasteiger partial charge on any atom is -0.355 e. The number of halogens is 1. The van der Waals surface area contributed by atoms with Gasteiger partial charge in [-0.15, -0.1) is 11.3 Å². The number of thiophene rings is 1. The highest BCUT2D eigenvalue weighted by Gasteiger charge is 2.13. The Morgan fingerprint density at radius 3 is 2.88 bits per heavy atom. The van der Waals surface area contributed by atoms with Crippen molar-refractivity contribution in [2.24, 2.45) is 11.7 Å². The van der Waals surface area contributed by atoms with Crippen molar-refractivity contribution in [1.82, 2.24) is 5.32 Å². The largest absolute Gasteiger partial charge is 0.355 e. The van der Waals surface area contributed by atoms with Gasteiger partial charge in [0.1, 0.15) is 0 Å². The van der Waals surface area contributed by atoms with Crippen molar-refractivity contribution in [2.75, 3.05) is 13.1 Å². The second-order valence-electron chi connectivity index (χ2n) is 3.59. The van der Waals surface area contributed by atoms with Crippen molar-refractivity contribution in [3.8, 4) is 0 Å². The van der Waals surface area contributed by atoms with Crippen molar-refractivity contribution in [3.05, 3.63) is 21.3 Å². The molecule has 0 spiro atoms. The van der Waals surface area contributed by atoms with Gasteiger partial charge < -0.3 is 11.1 Å². The molecule has 1 amide bonds. The third-order valence-corrected chi connectivity index (χ3v) is 3.74. The highest BCUT2D eigenvalue weighted by atomic mass is 35.5. The van der Waals surface area contributed by atoms with E-state index in [1.54, 1.807) is 11.3 Å². The molecule has 0 saturated carbocycles. The van der Waals surface area contributed by atoms with Crippen molar-refractivity contribution in [2.45, 2.75) is 19.8 Å². The zero-order chi connectivity index (χ0) is 12.0. The van der Waals surface area contributed by atoms with Crippen LogP contribution in [0.25, 0.3) is 0 Å². The third kappa shape index (κ3) is 4.12. The maximum atomic E-state index is 11.6. The van der Waals surface area contributed by atoms with E-state index in [0.717, 1.165) is 17.2 Å². The van der Waals surface area contributed by atoms with Crippen LogP contribution >= 0.6 is 22.9 Å². The smallest absolute Gasteiger partial charge is 0.224 e. The first-order valence-electron chi connectivity index (χ1n) is 5.39. The molecular weight excluding hydrogens is 244 g/mol. The summed E-state index contributed by atoms with van der Waals surface area (Å²) in [6.45, 7) is 3.02. The maximum absolute atomic E-state index is 11.6. The third-order valence-electron chi connectivity index (χ3n) is 2.45. The zero-order valence-electron chi connectivity index (χ0n) is 9.33. The number of hydrogen-bond donors (Lipinski definition) is 2. The van der Waals surface area contributed by atoms with Gasteiger partial charge in [-0.25, -0.2) is 0 Å². The Kier molecular flexibility index (Phi) is 5.80. The summed E-state index contributed by atoms with van der Waals surface area (Å²) in [4.78, 5) is 12.8. The molecule has 90 valence electrons.